The Balaban J connectivity index is 1.43. The molecule has 2 aromatic rings. The summed E-state index contributed by atoms with van der Waals surface area (Å²) in [4.78, 5) is 11.9. The number of amides is 1. The monoisotopic (exact) mass is 331 g/mol. The van der Waals surface area contributed by atoms with E-state index in [-0.39, 0.29) is 12.0 Å². The first-order chi connectivity index (χ1) is 11.2. The van der Waals surface area contributed by atoms with Crippen LogP contribution in [-0.4, -0.2) is 25.2 Å². The molecule has 5 heteroatoms. The predicted molar refractivity (Wildman–Crippen MR) is 89.1 cm³/mol. The number of rotatable bonds is 5. The van der Waals surface area contributed by atoms with Crippen LogP contribution in [0.4, 0.5) is 0 Å². The van der Waals surface area contributed by atoms with E-state index in [1.807, 2.05) is 48.5 Å². The summed E-state index contributed by atoms with van der Waals surface area (Å²) in [6.45, 7) is 0.869. The molecular formula is C18H18ClNO3. The smallest absolute Gasteiger partial charge is 0.220 e. The molecule has 0 aliphatic carbocycles. The summed E-state index contributed by atoms with van der Waals surface area (Å²) in [7, 11) is 0. The maximum Gasteiger partial charge on any atom is 0.220 e. The maximum atomic E-state index is 11.9. The molecular weight excluding hydrogens is 314 g/mol. The van der Waals surface area contributed by atoms with Crippen molar-refractivity contribution in [2.45, 2.75) is 18.9 Å². The molecule has 1 heterocycles. The first-order valence-electron chi connectivity index (χ1n) is 7.60. The SMILES string of the molecule is O=C(CCc1cccc(Cl)c1)NCC1COc2ccccc2O1. The third kappa shape index (κ3) is 4.39. The molecule has 3 rings (SSSR count). The third-order valence-electron chi connectivity index (χ3n) is 3.62. The van der Waals surface area contributed by atoms with Gasteiger partial charge in [0.05, 0.1) is 6.54 Å². The normalized spacial score (nSPS) is 16.0. The Bertz CT molecular complexity index is 689. The molecule has 1 aliphatic heterocycles. The van der Waals surface area contributed by atoms with Crippen molar-refractivity contribution in [2.75, 3.05) is 13.2 Å². The van der Waals surface area contributed by atoms with Gasteiger partial charge in [0.1, 0.15) is 12.7 Å². The van der Waals surface area contributed by atoms with Crippen LogP contribution in [0.25, 0.3) is 0 Å². The topological polar surface area (TPSA) is 47.6 Å². The number of nitrogens with one attached hydrogen (secondary N) is 1. The Morgan fingerprint density at radius 3 is 2.83 bits per heavy atom. The lowest BCUT2D eigenvalue weighted by Gasteiger charge is -2.26. The number of carbonyl (C=O) groups is 1. The van der Waals surface area contributed by atoms with Crippen LogP contribution in [0, 0.1) is 0 Å². The van der Waals surface area contributed by atoms with E-state index in [0.717, 1.165) is 17.1 Å². The van der Waals surface area contributed by atoms with E-state index in [1.54, 1.807) is 0 Å². The van der Waals surface area contributed by atoms with E-state index in [1.165, 1.54) is 0 Å². The van der Waals surface area contributed by atoms with E-state index in [4.69, 9.17) is 21.1 Å². The fourth-order valence-electron chi connectivity index (χ4n) is 2.43. The van der Waals surface area contributed by atoms with Gasteiger partial charge in [-0.1, -0.05) is 35.9 Å². The average molecular weight is 332 g/mol. The first-order valence-corrected chi connectivity index (χ1v) is 7.98. The van der Waals surface area contributed by atoms with Crippen molar-refractivity contribution in [2.24, 2.45) is 0 Å². The highest BCUT2D eigenvalue weighted by atomic mass is 35.5. The number of carbonyl (C=O) groups excluding carboxylic acids is 1. The average Bonchev–Trinajstić information content (AvgIpc) is 2.58. The molecule has 0 fully saturated rings. The van der Waals surface area contributed by atoms with Gasteiger partial charge in [0.15, 0.2) is 11.5 Å². The summed E-state index contributed by atoms with van der Waals surface area (Å²) in [5, 5.41) is 3.58. The zero-order valence-electron chi connectivity index (χ0n) is 12.6. The van der Waals surface area contributed by atoms with Crippen molar-refractivity contribution in [1.29, 1.82) is 0 Å². The van der Waals surface area contributed by atoms with E-state index in [0.29, 0.717) is 31.0 Å². The summed E-state index contributed by atoms with van der Waals surface area (Å²) in [6.07, 6.45) is 0.918. The van der Waals surface area contributed by atoms with Gasteiger partial charge >= 0.3 is 0 Å². The molecule has 0 aromatic heterocycles. The summed E-state index contributed by atoms with van der Waals surface area (Å²) in [5.41, 5.74) is 1.05. The quantitative estimate of drug-likeness (QED) is 0.915. The molecule has 1 aliphatic rings. The van der Waals surface area contributed by atoms with Crippen molar-refractivity contribution >= 4 is 17.5 Å². The van der Waals surface area contributed by atoms with E-state index >= 15 is 0 Å². The van der Waals surface area contributed by atoms with Gasteiger partial charge in [-0.2, -0.15) is 0 Å². The van der Waals surface area contributed by atoms with Crippen molar-refractivity contribution in [3.8, 4) is 11.5 Å². The number of para-hydroxylation sites is 2. The van der Waals surface area contributed by atoms with E-state index < -0.39 is 0 Å². The van der Waals surface area contributed by atoms with E-state index in [2.05, 4.69) is 5.32 Å². The standard InChI is InChI=1S/C18H18ClNO3/c19-14-5-3-4-13(10-14)8-9-18(21)20-11-15-12-22-16-6-1-2-7-17(16)23-15/h1-7,10,15H,8-9,11-12H2,(H,20,21). The lowest BCUT2D eigenvalue weighted by molar-refractivity contribution is -0.121. The first kappa shape index (κ1) is 15.7. The lowest BCUT2D eigenvalue weighted by Crippen LogP contribution is -2.40. The molecule has 1 amide bonds. The van der Waals surface area contributed by atoms with Gasteiger partial charge in [0, 0.05) is 11.4 Å². The number of ether oxygens (including phenoxy) is 2. The van der Waals surface area contributed by atoms with Crippen molar-refractivity contribution in [3.05, 3.63) is 59.1 Å². The Morgan fingerprint density at radius 2 is 2.00 bits per heavy atom. The molecule has 1 unspecified atom stereocenters. The third-order valence-corrected chi connectivity index (χ3v) is 3.86. The van der Waals surface area contributed by atoms with Gasteiger partial charge in [0.2, 0.25) is 5.91 Å². The molecule has 0 bridgehead atoms. The molecule has 120 valence electrons. The largest absolute Gasteiger partial charge is 0.486 e. The van der Waals surface area contributed by atoms with Crippen LogP contribution in [0.3, 0.4) is 0 Å². The van der Waals surface area contributed by atoms with Gasteiger partial charge in [-0.05, 0) is 36.2 Å². The molecule has 1 N–H and O–H groups in total. The molecule has 0 radical (unpaired) electrons. The summed E-state index contributed by atoms with van der Waals surface area (Å²) in [5.74, 6) is 1.46. The van der Waals surface area contributed by atoms with Crippen LogP contribution in [0.2, 0.25) is 5.02 Å². The Kier molecular flexibility index (Phi) is 5.03. The minimum absolute atomic E-state index is 0.00701. The summed E-state index contributed by atoms with van der Waals surface area (Å²) in [6, 6.07) is 15.1. The van der Waals surface area contributed by atoms with Gasteiger partial charge in [-0.15, -0.1) is 0 Å². The maximum absolute atomic E-state index is 11.9. The zero-order chi connectivity index (χ0) is 16.1. The Morgan fingerprint density at radius 1 is 1.17 bits per heavy atom. The minimum atomic E-state index is -0.167. The highest BCUT2D eigenvalue weighted by Gasteiger charge is 2.20. The van der Waals surface area contributed by atoms with Crippen LogP contribution in [-0.2, 0) is 11.2 Å². The fourth-order valence-corrected chi connectivity index (χ4v) is 2.64. The van der Waals surface area contributed by atoms with Crippen molar-refractivity contribution in [1.82, 2.24) is 5.32 Å². The second-order valence-electron chi connectivity index (χ2n) is 5.43. The molecule has 4 nitrogen and oxygen atoms in total. The Hall–Kier alpha value is -2.20. The minimum Gasteiger partial charge on any atom is -0.486 e. The highest BCUT2D eigenvalue weighted by Crippen LogP contribution is 2.30. The summed E-state index contributed by atoms with van der Waals surface area (Å²) >= 11 is 5.93. The van der Waals surface area contributed by atoms with Crippen LogP contribution < -0.4 is 14.8 Å². The molecule has 1 atom stereocenters. The van der Waals surface area contributed by atoms with E-state index in [9.17, 15) is 4.79 Å². The zero-order valence-corrected chi connectivity index (χ0v) is 13.4. The molecule has 2 aromatic carbocycles. The number of aryl methyl sites for hydroxylation is 1. The molecule has 0 saturated carbocycles. The van der Waals surface area contributed by atoms with Crippen molar-refractivity contribution < 1.29 is 14.3 Å². The molecule has 23 heavy (non-hydrogen) atoms. The van der Waals surface area contributed by atoms with Crippen LogP contribution in [0.1, 0.15) is 12.0 Å². The van der Waals surface area contributed by atoms with Crippen LogP contribution in [0.5, 0.6) is 11.5 Å². The van der Waals surface area contributed by atoms with Gasteiger partial charge in [-0.3, -0.25) is 4.79 Å². The van der Waals surface area contributed by atoms with Crippen LogP contribution in [0.15, 0.2) is 48.5 Å². The van der Waals surface area contributed by atoms with Gasteiger partial charge in [0.25, 0.3) is 0 Å². The number of hydrogen-bond acceptors (Lipinski definition) is 3. The van der Waals surface area contributed by atoms with Gasteiger partial charge in [-0.25, -0.2) is 0 Å². The Labute approximate surface area is 140 Å². The van der Waals surface area contributed by atoms with Crippen LogP contribution >= 0.6 is 11.6 Å². The van der Waals surface area contributed by atoms with Gasteiger partial charge < -0.3 is 14.8 Å². The second kappa shape index (κ2) is 7.38. The molecule has 0 saturated heterocycles. The number of halogens is 1. The number of hydrogen-bond donors (Lipinski definition) is 1. The highest BCUT2D eigenvalue weighted by molar-refractivity contribution is 6.30. The second-order valence-corrected chi connectivity index (χ2v) is 5.87. The number of fused-ring (bicyclic) bond motifs is 1. The summed E-state index contributed by atoms with van der Waals surface area (Å²) < 4.78 is 11.4. The lowest BCUT2D eigenvalue weighted by atomic mass is 10.1. The fraction of sp³-hybridized carbons (Fsp3) is 0.278. The van der Waals surface area contributed by atoms with Crippen molar-refractivity contribution in [3.63, 3.8) is 0 Å². The predicted octanol–water partition coefficient (Wildman–Crippen LogP) is 3.23. The number of benzene rings is 2. The molecule has 0 spiro atoms.